The minimum atomic E-state index is -3.38. The van der Waals surface area contributed by atoms with Crippen molar-refractivity contribution < 1.29 is 23.6 Å². The second kappa shape index (κ2) is 9.46. The number of carbonyl (C=O) groups excluding carboxylic acids is 2. The number of benzene rings is 1. The molecule has 1 aromatic carbocycles. The van der Waals surface area contributed by atoms with Gasteiger partial charge in [-0.1, -0.05) is 12.1 Å². The minimum Gasteiger partial charge on any atom is -0.379 e. The summed E-state index contributed by atoms with van der Waals surface area (Å²) < 4.78 is 30.3. The van der Waals surface area contributed by atoms with Gasteiger partial charge in [0.2, 0.25) is 0 Å². The van der Waals surface area contributed by atoms with Crippen molar-refractivity contribution in [1.82, 2.24) is 19.0 Å². The molecule has 0 bridgehead atoms. The summed E-state index contributed by atoms with van der Waals surface area (Å²) in [5, 5.41) is 2.85. The van der Waals surface area contributed by atoms with Gasteiger partial charge in [0.15, 0.2) is 5.78 Å². The van der Waals surface area contributed by atoms with Gasteiger partial charge in [-0.05, 0) is 31.2 Å². The van der Waals surface area contributed by atoms with Crippen molar-refractivity contribution in [2.45, 2.75) is 6.92 Å². The molecular formula is C21H27N4O5P. The van der Waals surface area contributed by atoms with Gasteiger partial charge in [0, 0.05) is 37.9 Å². The van der Waals surface area contributed by atoms with Crippen molar-refractivity contribution >= 4 is 19.3 Å². The molecule has 1 aromatic heterocycles. The third kappa shape index (κ3) is 4.51. The highest BCUT2D eigenvalue weighted by molar-refractivity contribution is 7.57. The summed E-state index contributed by atoms with van der Waals surface area (Å²) in [6.07, 6.45) is 1.73. The standard InChI is InChI=1S/C21H27N4O5P/c1-17(26)18-5-2-3-6-19(18)25-8-4-7-20(25)21(27)22-31(28,23-9-13-29-14-10-23)24-11-15-30-16-12-24/h2-8H,9-16H2,1H3,(H,22,27,28). The predicted octanol–water partition coefficient (Wildman–Crippen LogP) is 2.18. The van der Waals surface area contributed by atoms with E-state index < -0.39 is 13.5 Å². The number of aromatic nitrogens is 1. The summed E-state index contributed by atoms with van der Waals surface area (Å²) in [5.74, 6) is -0.548. The number of nitrogens with one attached hydrogen (secondary N) is 1. The van der Waals surface area contributed by atoms with Crippen LogP contribution in [0.1, 0.15) is 27.8 Å². The van der Waals surface area contributed by atoms with E-state index >= 15 is 0 Å². The van der Waals surface area contributed by atoms with E-state index in [0.717, 1.165) is 0 Å². The molecule has 166 valence electrons. The first kappa shape index (κ1) is 21.9. The summed E-state index contributed by atoms with van der Waals surface area (Å²) in [6.45, 7) is 5.25. The summed E-state index contributed by atoms with van der Waals surface area (Å²) in [5.41, 5.74) is 1.44. The fourth-order valence-corrected chi connectivity index (χ4v) is 6.35. The molecular weight excluding hydrogens is 419 g/mol. The van der Waals surface area contributed by atoms with Gasteiger partial charge < -0.3 is 14.0 Å². The Hall–Kier alpha value is -2.29. The Labute approximate surface area is 181 Å². The lowest BCUT2D eigenvalue weighted by atomic mass is 10.1. The van der Waals surface area contributed by atoms with Gasteiger partial charge in [0.25, 0.3) is 5.91 Å². The van der Waals surface area contributed by atoms with Crippen molar-refractivity contribution in [2.75, 3.05) is 52.6 Å². The molecule has 2 aromatic rings. The van der Waals surface area contributed by atoms with Crippen LogP contribution in [-0.4, -0.2) is 78.2 Å². The van der Waals surface area contributed by atoms with Crippen LogP contribution in [0.25, 0.3) is 5.69 Å². The Balaban J connectivity index is 1.66. The maximum atomic E-state index is 14.2. The first-order chi connectivity index (χ1) is 15.0. The molecule has 1 amide bonds. The number of ether oxygens (including phenoxy) is 2. The van der Waals surface area contributed by atoms with Crippen LogP contribution in [0.2, 0.25) is 0 Å². The maximum Gasteiger partial charge on any atom is 0.311 e. The third-order valence-electron chi connectivity index (χ3n) is 5.51. The second-order valence-electron chi connectivity index (χ2n) is 7.45. The van der Waals surface area contributed by atoms with Crippen molar-refractivity contribution in [3.8, 4) is 5.69 Å². The summed E-state index contributed by atoms with van der Waals surface area (Å²) >= 11 is 0. The molecule has 2 aliphatic heterocycles. The zero-order valence-corrected chi connectivity index (χ0v) is 18.4. The molecule has 0 radical (unpaired) electrons. The summed E-state index contributed by atoms with van der Waals surface area (Å²) in [6, 6.07) is 10.5. The number of carbonyl (C=O) groups is 2. The van der Waals surface area contributed by atoms with Crippen molar-refractivity contribution in [1.29, 1.82) is 0 Å². The number of amides is 1. The zero-order chi connectivity index (χ0) is 21.8. The number of hydrogen-bond donors (Lipinski definition) is 1. The number of ketones is 1. The van der Waals surface area contributed by atoms with Crippen molar-refractivity contribution in [3.63, 3.8) is 0 Å². The third-order valence-corrected chi connectivity index (χ3v) is 8.34. The number of Topliss-reactive ketones (excluding diaryl/α,β-unsaturated/α-hetero) is 1. The van der Waals surface area contributed by atoms with E-state index in [2.05, 4.69) is 5.09 Å². The largest absolute Gasteiger partial charge is 0.379 e. The van der Waals surface area contributed by atoms with Gasteiger partial charge in [0.1, 0.15) is 5.69 Å². The highest BCUT2D eigenvalue weighted by atomic mass is 31.2. The number of rotatable bonds is 6. The Morgan fingerprint density at radius 1 is 0.903 bits per heavy atom. The van der Waals surface area contributed by atoms with E-state index in [0.29, 0.717) is 69.6 Å². The molecule has 4 rings (SSSR count). The van der Waals surface area contributed by atoms with Gasteiger partial charge in [-0.3, -0.25) is 19.2 Å². The van der Waals surface area contributed by atoms with Crippen LogP contribution in [0.3, 0.4) is 0 Å². The van der Waals surface area contributed by atoms with Crippen molar-refractivity contribution in [3.05, 3.63) is 53.9 Å². The lowest BCUT2D eigenvalue weighted by Crippen LogP contribution is -2.48. The van der Waals surface area contributed by atoms with E-state index in [1.54, 1.807) is 41.1 Å². The highest BCUT2D eigenvalue weighted by Gasteiger charge is 2.41. The first-order valence-electron chi connectivity index (χ1n) is 10.4. The van der Waals surface area contributed by atoms with E-state index in [9.17, 15) is 14.2 Å². The molecule has 31 heavy (non-hydrogen) atoms. The zero-order valence-electron chi connectivity index (χ0n) is 17.5. The Morgan fingerprint density at radius 3 is 2.06 bits per heavy atom. The molecule has 0 atom stereocenters. The normalized spacial score (nSPS) is 18.6. The Bertz CT molecular complexity index is 973. The van der Waals surface area contributed by atoms with Gasteiger partial charge >= 0.3 is 7.59 Å². The van der Waals surface area contributed by atoms with Crippen molar-refractivity contribution in [2.24, 2.45) is 0 Å². The number of nitrogens with zero attached hydrogens (tertiary/aromatic N) is 3. The average Bonchev–Trinajstić information content (AvgIpc) is 3.30. The van der Waals surface area contributed by atoms with E-state index in [1.165, 1.54) is 6.92 Å². The van der Waals surface area contributed by atoms with Gasteiger partial charge in [0.05, 0.1) is 32.1 Å². The van der Waals surface area contributed by atoms with Crippen LogP contribution in [0, 0.1) is 0 Å². The lowest BCUT2D eigenvalue weighted by molar-refractivity contribution is 0.0505. The monoisotopic (exact) mass is 446 g/mol. The number of morpholine rings is 2. The van der Waals surface area contributed by atoms with Crippen LogP contribution in [0.5, 0.6) is 0 Å². The SMILES string of the molecule is CC(=O)c1ccccc1-n1cccc1C(=O)NP(=O)(N1CCOCC1)N1CCOCC1. The molecule has 0 unspecified atom stereocenters. The molecule has 2 aliphatic rings. The smallest absolute Gasteiger partial charge is 0.311 e. The second-order valence-corrected chi connectivity index (χ2v) is 9.90. The topological polar surface area (TPSA) is 93.1 Å². The molecule has 3 heterocycles. The molecule has 10 heteroatoms. The van der Waals surface area contributed by atoms with Gasteiger partial charge in [-0.2, -0.15) is 0 Å². The first-order valence-corrected chi connectivity index (χ1v) is 12.0. The van der Waals surface area contributed by atoms with Crippen LogP contribution >= 0.6 is 7.59 Å². The Morgan fingerprint density at radius 2 is 1.48 bits per heavy atom. The number of para-hydroxylation sites is 1. The van der Waals surface area contributed by atoms with Crippen LogP contribution in [-0.2, 0) is 14.0 Å². The van der Waals surface area contributed by atoms with Crippen LogP contribution in [0.15, 0.2) is 42.6 Å². The molecule has 1 N–H and O–H groups in total. The molecule has 2 saturated heterocycles. The summed E-state index contributed by atoms with van der Waals surface area (Å²) in [7, 11) is -3.38. The molecule has 0 saturated carbocycles. The fraction of sp³-hybridized carbons (Fsp3) is 0.429. The van der Waals surface area contributed by atoms with Gasteiger partial charge in [-0.15, -0.1) is 0 Å². The fourth-order valence-electron chi connectivity index (χ4n) is 3.92. The van der Waals surface area contributed by atoms with Crippen LogP contribution in [0.4, 0.5) is 0 Å². The average molecular weight is 446 g/mol. The van der Waals surface area contributed by atoms with Crippen LogP contribution < -0.4 is 5.09 Å². The lowest BCUT2D eigenvalue weighted by Gasteiger charge is -2.41. The molecule has 9 nitrogen and oxygen atoms in total. The minimum absolute atomic E-state index is 0.0945. The molecule has 2 fully saturated rings. The van der Waals surface area contributed by atoms with E-state index in [1.807, 2.05) is 15.4 Å². The Kier molecular flexibility index (Phi) is 6.69. The maximum absolute atomic E-state index is 14.2. The highest BCUT2D eigenvalue weighted by Crippen LogP contribution is 2.50. The molecule has 0 spiro atoms. The summed E-state index contributed by atoms with van der Waals surface area (Å²) in [4.78, 5) is 25.5. The quantitative estimate of drug-likeness (QED) is 0.537. The van der Waals surface area contributed by atoms with E-state index in [-0.39, 0.29) is 5.78 Å². The van der Waals surface area contributed by atoms with Gasteiger partial charge in [-0.25, -0.2) is 9.34 Å². The molecule has 0 aliphatic carbocycles. The van der Waals surface area contributed by atoms with E-state index in [4.69, 9.17) is 9.47 Å². The predicted molar refractivity (Wildman–Crippen MR) is 116 cm³/mol. The number of hydrogen-bond acceptors (Lipinski definition) is 5.